The number of benzene rings is 1. The van der Waals surface area contributed by atoms with Gasteiger partial charge in [-0.1, -0.05) is 12.1 Å². The molecule has 0 aliphatic heterocycles. The standard InChI is InChI=1S/C15H19FO3/c1-4-19-14(18)10-9-13(17)15(2,3)11-5-7-12(16)8-6-11/h5-8H,4,9-10H2,1-3H3. The minimum absolute atomic E-state index is 0.0628. The molecule has 1 rings (SSSR count). The number of hydrogen-bond donors (Lipinski definition) is 0. The molecule has 0 aliphatic rings. The number of carbonyl (C=O) groups is 2. The largest absolute Gasteiger partial charge is 0.466 e. The van der Waals surface area contributed by atoms with Crippen LogP contribution in [0.1, 0.15) is 39.2 Å². The zero-order valence-electron chi connectivity index (χ0n) is 11.5. The van der Waals surface area contributed by atoms with E-state index in [1.807, 2.05) is 0 Å². The van der Waals surface area contributed by atoms with Crippen molar-refractivity contribution in [2.75, 3.05) is 6.61 Å². The second kappa shape index (κ2) is 6.45. The molecule has 104 valence electrons. The molecule has 0 radical (unpaired) electrons. The Kier molecular flexibility index (Phi) is 5.21. The molecular formula is C15H19FO3. The summed E-state index contributed by atoms with van der Waals surface area (Å²) in [5, 5.41) is 0. The van der Waals surface area contributed by atoms with Crippen molar-refractivity contribution in [1.82, 2.24) is 0 Å². The summed E-state index contributed by atoms with van der Waals surface area (Å²) in [6.07, 6.45) is 0.209. The van der Waals surface area contributed by atoms with Crippen molar-refractivity contribution in [3.63, 3.8) is 0 Å². The molecule has 0 atom stereocenters. The first-order valence-corrected chi connectivity index (χ1v) is 6.33. The molecule has 0 unspecified atom stereocenters. The molecule has 0 heterocycles. The summed E-state index contributed by atoms with van der Waals surface area (Å²) in [6, 6.07) is 5.85. The Labute approximate surface area is 112 Å². The second-order valence-corrected chi connectivity index (χ2v) is 4.86. The van der Waals surface area contributed by atoms with Gasteiger partial charge in [0.05, 0.1) is 13.0 Å². The maximum Gasteiger partial charge on any atom is 0.306 e. The zero-order chi connectivity index (χ0) is 14.5. The van der Waals surface area contributed by atoms with Crippen LogP contribution in [0, 0.1) is 5.82 Å². The summed E-state index contributed by atoms with van der Waals surface area (Å²) in [7, 11) is 0. The van der Waals surface area contributed by atoms with E-state index in [1.165, 1.54) is 12.1 Å². The molecule has 0 fully saturated rings. The van der Waals surface area contributed by atoms with Crippen molar-refractivity contribution in [1.29, 1.82) is 0 Å². The molecule has 0 aromatic heterocycles. The Morgan fingerprint density at radius 2 is 1.74 bits per heavy atom. The first kappa shape index (κ1) is 15.3. The van der Waals surface area contributed by atoms with Crippen LogP contribution in [0.3, 0.4) is 0 Å². The second-order valence-electron chi connectivity index (χ2n) is 4.86. The number of esters is 1. The summed E-state index contributed by atoms with van der Waals surface area (Å²) in [5.74, 6) is -0.767. The highest BCUT2D eigenvalue weighted by atomic mass is 19.1. The van der Waals surface area contributed by atoms with Gasteiger partial charge in [-0.05, 0) is 38.5 Å². The topological polar surface area (TPSA) is 43.4 Å². The van der Waals surface area contributed by atoms with Gasteiger partial charge in [0.25, 0.3) is 0 Å². The summed E-state index contributed by atoms with van der Waals surface area (Å²) >= 11 is 0. The van der Waals surface area contributed by atoms with Gasteiger partial charge in [0.1, 0.15) is 11.6 Å². The lowest BCUT2D eigenvalue weighted by Gasteiger charge is -2.23. The van der Waals surface area contributed by atoms with Gasteiger partial charge in [-0.25, -0.2) is 4.39 Å². The molecular weight excluding hydrogens is 247 g/mol. The first-order chi connectivity index (χ1) is 8.87. The molecule has 3 nitrogen and oxygen atoms in total. The number of ether oxygens (including phenoxy) is 1. The molecule has 0 amide bonds. The number of carbonyl (C=O) groups excluding carboxylic acids is 2. The molecule has 1 aromatic carbocycles. The van der Waals surface area contributed by atoms with Crippen LogP contribution in [-0.2, 0) is 19.7 Å². The summed E-state index contributed by atoms with van der Waals surface area (Å²) in [6.45, 7) is 5.58. The lowest BCUT2D eigenvalue weighted by molar-refractivity contribution is -0.144. The minimum Gasteiger partial charge on any atom is -0.466 e. The highest BCUT2D eigenvalue weighted by Crippen LogP contribution is 2.26. The van der Waals surface area contributed by atoms with E-state index in [9.17, 15) is 14.0 Å². The Morgan fingerprint density at radius 1 is 1.16 bits per heavy atom. The lowest BCUT2D eigenvalue weighted by Crippen LogP contribution is -2.29. The molecule has 0 saturated heterocycles. The summed E-state index contributed by atoms with van der Waals surface area (Å²) in [5.41, 5.74) is 0.00275. The number of Topliss-reactive ketones (excluding diaryl/α,β-unsaturated/α-hetero) is 1. The average Bonchev–Trinajstić information content (AvgIpc) is 2.36. The smallest absolute Gasteiger partial charge is 0.306 e. The third-order valence-corrected chi connectivity index (χ3v) is 3.12. The van der Waals surface area contributed by atoms with Crippen LogP contribution in [0.2, 0.25) is 0 Å². The summed E-state index contributed by atoms with van der Waals surface area (Å²) in [4.78, 5) is 23.4. The van der Waals surface area contributed by atoms with E-state index >= 15 is 0 Å². The highest BCUT2D eigenvalue weighted by Gasteiger charge is 2.29. The highest BCUT2D eigenvalue weighted by molar-refractivity contribution is 5.91. The fourth-order valence-electron chi connectivity index (χ4n) is 1.79. The fraction of sp³-hybridized carbons (Fsp3) is 0.467. The van der Waals surface area contributed by atoms with Gasteiger partial charge in [0, 0.05) is 11.8 Å². The maximum absolute atomic E-state index is 12.9. The van der Waals surface area contributed by atoms with Crippen LogP contribution in [0.4, 0.5) is 4.39 Å². The van der Waals surface area contributed by atoms with E-state index in [1.54, 1.807) is 32.9 Å². The third kappa shape index (κ3) is 4.16. The number of halogens is 1. The molecule has 0 saturated carbocycles. The van der Waals surface area contributed by atoms with Crippen molar-refractivity contribution in [3.8, 4) is 0 Å². The van der Waals surface area contributed by atoms with Crippen LogP contribution in [0.25, 0.3) is 0 Å². The Morgan fingerprint density at radius 3 is 2.26 bits per heavy atom. The van der Waals surface area contributed by atoms with Crippen molar-refractivity contribution in [3.05, 3.63) is 35.6 Å². The van der Waals surface area contributed by atoms with Crippen molar-refractivity contribution in [2.45, 2.75) is 39.0 Å². The van der Waals surface area contributed by atoms with Crippen LogP contribution in [-0.4, -0.2) is 18.4 Å². The Balaban J connectivity index is 2.68. The Bertz CT molecular complexity index is 449. The summed E-state index contributed by atoms with van der Waals surface area (Å²) < 4.78 is 17.7. The number of rotatable bonds is 6. The van der Waals surface area contributed by atoms with Gasteiger partial charge < -0.3 is 4.74 Å². The van der Waals surface area contributed by atoms with Gasteiger partial charge >= 0.3 is 5.97 Å². The van der Waals surface area contributed by atoms with E-state index in [2.05, 4.69) is 0 Å². The monoisotopic (exact) mass is 266 g/mol. The first-order valence-electron chi connectivity index (χ1n) is 6.33. The quantitative estimate of drug-likeness (QED) is 0.743. The Hall–Kier alpha value is -1.71. The molecule has 0 spiro atoms. The van der Waals surface area contributed by atoms with Gasteiger partial charge in [0.2, 0.25) is 0 Å². The van der Waals surface area contributed by atoms with Crippen molar-refractivity contribution >= 4 is 11.8 Å². The van der Waals surface area contributed by atoms with Gasteiger partial charge in [-0.15, -0.1) is 0 Å². The third-order valence-electron chi connectivity index (χ3n) is 3.12. The van der Waals surface area contributed by atoms with E-state index in [-0.39, 0.29) is 30.4 Å². The molecule has 1 aromatic rings. The minimum atomic E-state index is -0.736. The molecule has 0 N–H and O–H groups in total. The molecule has 0 aliphatic carbocycles. The van der Waals surface area contributed by atoms with E-state index in [4.69, 9.17) is 4.74 Å². The molecule has 19 heavy (non-hydrogen) atoms. The number of hydrogen-bond acceptors (Lipinski definition) is 3. The average molecular weight is 266 g/mol. The van der Waals surface area contributed by atoms with Crippen molar-refractivity contribution in [2.24, 2.45) is 0 Å². The zero-order valence-corrected chi connectivity index (χ0v) is 11.5. The lowest BCUT2D eigenvalue weighted by atomic mass is 9.79. The normalized spacial score (nSPS) is 11.2. The van der Waals surface area contributed by atoms with Crippen LogP contribution >= 0.6 is 0 Å². The van der Waals surface area contributed by atoms with Crippen LogP contribution < -0.4 is 0 Å². The molecule has 4 heteroatoms. The molecule has 0 bridgehead atoms. The predicted molar refractivity (Wildman–Crippen MR) is 70.3 cm³/mol. The van der Waals surface area contributed by atoms with E-state index < -0.39 is 5.41 Å². The van der Waals surface area contributed by atoms with E-state index in [0.717, 1.165) is 5.56 Å². The van der Waals surface area contributed by atoms with Gasteiger partial charge in [-0.2, -0.15) is 0 Å². The van der Waals surface area contributed by atoms with Gasteiger partial charge in [0.15, 0.2) is 0 Å². The fourth-order valence-corrected chi connectivity index (χ4v) is 1.79. The predicted octanol–water partition coefficient (Wildman–Crippen LogP) is 3.02. The SMILES string of the molecule is CCOC(=O)CCC(=O)C(C)(C)c1ccc(F)cc1. The maximum atomic E-state index is 12.9. The van der Waals surface area contributed by atoms with Crippen molar-refractivity contribution < 1.29 is 18.7 Å². The van der Waals surface area contributed by atoms with Crippen LogP contribution in [0.15, 0.2) is 24.3 Å². The van der Waals surface area contributed by atoms with Crippen LogP contribution in [0.5, 0.6) is 0 Å². The van der Waals surface area contributed by atoms with Gasteiger partial charge in [-0.3, -0.25) is 9.59 Å². The van der Waals surface area contributed by atoms with E-state index in [0.29, 0.717) is 6.61 Å². The number of ketones is 1.